The summed E-state index contributed by atoms with van der Waals surface area (Å²) < 4.78 is 0.940. The van der Waals surface area contributed by atoms with Crippen LogP contribution in [-0.2, 0) is 10.4 Å². The van der Waals surface area contributed by atoms with Gasteiger partial charge in [-0.2, -0.15) is 0 Å². The molecule has 0 radical (unpaired) electrons. The minimum absolute atomic E-state index is 0.0841. The van der Waals surface area contributed by atoms with Crippen LogP contribution in [0.1, 0.15) is 18.1 Å². The Hall–Kier alpha value is -1.65. The summed E-state index contributed by atoms with van der Waals surface area (Å²) in [6.45, 7) is 1.77. The number of benzene rings is 2. The van der Waals surface area contributed by atoms with E-state index >= 15 is 0 Å². The molecule has 1 N–H and O–H groups in total. The van der Waals surface area contributed by atoms with Gasteiger partial charge in [-0.3, -0.25) is 4.79 Å². The second-order valence-corrected chi connectivity index (χ2v) is 6.33. The van der Waals surface area contributed by atoms with Crippen LogP contribution in [0.4, 0.5) is 5.69 Å². The molecule has 1 aliphatic rings. The van der Waals surface area contributed by atoms with Gasteiger partial charge >= 0.3 is 0 Å². The van der Waals surface area contributed by atoms with E-state index < -0.39 is 11.5 Å². The van der Waals surface area contributed by atoms with E-state index in [9.17, 15) is 9.90 Å². The lowest BCUT2D eigenvalue weighted by Gasteiger charge is -2.43. The number of carbonyl (C=O) groups excluding carboxylic acids is 1. The first-order chi connectivity index (χ1) is 9.96. The molecule has 0 aliphatic carbocycles. The van der Waals surface area contributed by atoms with Crippen LogP contribution in [0.5, 0.6) is 0 Å². The van der Waals surface area contributed by atoms with E-state index in [-0.39, 0.29) is 5.91 Å². The molecule has 2 unspecified atom stereocenters. The second-order valence-electron chi connectivity index (χ2n) is 5.41. The molecule has 1 aliphatic heterocycles. The number of hydrogen-bond acceptors (Lipinski definition) is 2. The lowest BCUT2D eigenvalue weighted by atomic mass is 9.73. The van der Waals surface area contributed by atoms with Crippen LogP contribution in [0.3, 0.4) is 0 Å². The third kappa shape index (κ3) is 2.01. The lowest BCUT2D eigenvalue weighted by Crippen LogP contribution is -2.50. The fourth-order valence-electron chi connectivity index (χ4n) is 3.02. The van der Waals surface area contributed by atoms with Gasteiger partial charge in [0.1, 0.15) is 5.60 Å². The first kappa shape index (κ1) is 14.3. The van der Waals surface area contributed by atoms with Crippen LogP contribution in [0.25, 0.3) is 0 Å². The van der Waals surface area contributed by atoms with Gasteiger partial charge in [0.25, 0.3) is 0 Å². The SMILES string of the molecule is CC1C(=O)N(C)c2ccccc2C1(O)c1ccc(Br)cc1. The number of amides is 1. The highest BCUT2D eigenvalue weighted by molar-refractivity contribution is 9.10. The smallest absolute Gasteiger partial charge is 0.233 e. The normalized spacial score (nSPS) is 24.9. The van der Waals surface area contributed by atoms with Crippen molar-refractivity contribution in [2.45, 2.75) is 12.5 Å². The van der Waals surface area contributed by atoms with Crippen LogP contribution in [0.15, 0.2) is 53.0 Å². The highest BCUT2D eigenvalue weighted by Gasteiger charge is 2.48. The summed E-state index contributed by atoms with van der Waals surface area (Å²) in [7, 11) is 1.75. The van der Waals surface area contributed by atoms with Gasteiger partial charge < -0.3 is 10.0 Å². The number of para-hydroxylation sites is 1. The van der Waals surface area contributed by atoms with Crippen molar-refractivity contribution < 1.29 is 9.90 Å². The zero-order chi connectivity index (χ0) is 15.2. The molecule has 21 heavy (non-hydrogen) atoms. The highest BCUT2D eigenvalue weighted by atomic mass is 79.9. The monoisotopic (exact) mass is 345 g/mol. The number of anilines is 1. The average molecular weight is 346 g/mol. The number of aliphatic hydroxyl groups is 1. The van der Waals surface area contributed by atoms with Crippen molar-refractivity contribution in [3.05, 3.63) is 64.1 Å². The maximum absolute atomic E-state index is 12.5. The summed E-state index contributed by atoms with van der Waals surface area (Å²) in [6.07, 6.45) is 0. The molecule has 2 aromatic rings. The highest BCUT2D eigenvalue weighted by Crippen LogP contribution is 2.45. The Kier molecular flexibility index (Phi) is 3.38. The molecule has 0 saturated heterocycles. The quantitative estimate of drug-likeness (QED) is 0.861. The Morgan fingerprint density at radius 3 is 2.43 bits per heavy atom. The van der Waals surface area contributed by atoms with E-state index in [1.54, 1.807) is 18.9 Å². The Morgan fingerprint density at radius 1 is 1.14 bits per heavy atom. The third-order valence-corrected chi connectivity index (χ3v) is 4.82. The average Bonchev–Trinajstić information content (AvgIpc) is 2.51. The molecule has 2 atom stereocenters. The summed E-state index contributed by atoms with van der Waals surface area (Å²) in [4.78, 5) is 14.1. The zero-order valence-corrected chi connectivity index (χ0v) is 13.5. The van der Waals surface area contributed by atoms with Gasteiger partial charge in [-0.05, 0) is 23.8 Å². The third-order valence-electron chi connectivity index (χ3n) is 4.29. The molecular weight excluding hydrogens is 330 g/mol. The van der Waals surface area contributed by atoms with Crippen molar-refractivity contribution >= 4 is 27.5 Å². The molecule has 0 fully saturated rings. The van der Waals surface area contributed by atoms with Crippen LogP contribution in [0.2, 0.25) is 0 Å². The largest absolute Gasteiger partial charge is 0.379 e. The van der Waals surface area contributed by atoms with Gasteiger partial charge in [0.05, 0.1) is 5.92 Å². The van der Waals surface area contributed by atoms with Gasteiger partial charge in [-0.25, -0.2) is 0 Å². The van der Waals surface area contributed by atoms with E-state index in [2.05, 4.69) is 15.9 Å². The standard InChI is InChI=1S/C17H16BrNO2/c1-11-16(20)19(2)15-6-4-3-5-14(15)17(11,21)12-7-9-13(18)10-8-12/h3-11,21H,1-2H3. The van der Waals surface area contributed by atoms with E-state index in [1.165, 1.54) is 0 Å². The van der Waals surface area contributed by atoms with Gasteiger partial charge in [-0.1, -0.05) is 53.2 Å². The van der Waals surface area contributed by atoms with E-state index in [4.69, 9.17) is 0 Å². The minimum atomic E-state index is -1.30. The number of fused-ring (bicyclic) bond motifs is 1. The molecule has 0 saturated carbocycles. The number of hydrogen-bond donors (Lipinski definition) is 1. The van der Waals surface area contributed by atoms with Gasteiger partial charge in [0, 0.05) is 22.8 Å². The molecule has 1 amide bonds. The van der Waals surface area contributed by atoms with Crippen molar-refractivity contribution in [1.29, 1.82) is 0 Å². The van der Waals surface area contributed by atoms with Crippen LogP contribution >= 0.6 is 15.9 Å². The predicted octanol–water partition coefficient (Wildman–Crippen LogP) is 3.30. The number of carbonyl (C=O) groups is 1. The number of halogens is 1. The molecule has 3 nitrogen and oxygen atoms in total. The lowest BCUT2D eigenvalue weighted by molar-refractivity contribution is -0.129. The van der Waals surface area contributed by atoms with Crippen molar-refractivity contribution in [2.75, 3.05) is 11.9 Å². The fourth-order valence-corrected chi connectivity index (χ4v) is 3.28. The van der Waals surface area contributed by atoms with Crippen molar-refractivity contribution in [1.82, 2.24) is 0 Å². The maximum atomic E-state index is 12.5. The summed E-state index contributed by atoms with van der Waals surface area (Å²) in [6, 6.07) is 15.0. The molecule has 0 aromatic heterocycles. The molecule has 108 valence electrons. The van der Waals surface area contributed by atoms with Gasteiger partial charge in [-0.15, -0.1) is 0 Å². The summed E-state index contributed by atoms with van der Waals surface area (Å²) in [5, 5.41) is 11.4. The molecule has 3 rings (SSSR count). The van der Waals surface area contributed by atoms with E-state index in [1.807, 2.05) is 48.5 Å². The zero-order valence-electron chi connectivity index (χ0n) is 11.9. The minimum Gasteiger partial charge on any atom is -0.379 e. The second kappa shape index (κ2) is 4.97. The van der Waals surface area contributed by atoms with Crippen molar-refractivity contribution in [3.63, 3.8) is 0 Å². The molecule has 2 aromatic carbocycles. The van der Waals surface area contributed by atoms with E-state index in [0.717, 1.165) is 21.3 Å². The maximum Gasteiger partial charge on any atom is 0.233 e. The van der Waals surface area contributed by atoms with Crippen LogP contribution in [-0.4, -0.2) is 18.1 Å². The Morgan fingerprint density at radius 2 is 1.76 bits per heavy atom. The topological polar surface area (TPSA) is 40.5 Å². The van der Waals surface area contributed by atoms with E-state index in [0.29, 0.717) is 0 Å². The van der Waals surface area contributed by atoms with Gasteiger partial charge in [0.15, 0.2) is 0 Å². The molecule has 0 bridgehead atoms. The summed E-state index contributed by atoms with van der Waals surface area (Å²) in [5.74, 6) is -0.627. The van der Waals surface area contributed by atoms with Gasteiger partial charge in [0.2, 0.25) is 5.91 Å². The molecule has 1 heterocycles. The molecular formula is C17H16BrNO2. The summed E-state index contributed by atoms with van der Waals surface area (Å²) >= 11 is 3.40. The Balaban J connectivity index is 2.27. The first-order valence-electron chi connectivity index (χ1n) is 6.81. The van der Waals surface area contributed by atoms with Crippen molar-refractivity contribution in [3.8, 4) is 0 Å². The predicted molar refractivity (Wildman–Crippen MR) is 86.2 cm³/mol. The summed E-state index contributed by atoms with van der Waals surface area (Å²) in [5.41, 5.74) is 0.945. The Labute approximate surface area is 132 Å². The molecule has 0 spiro atoms. The van der Waals surface area contributed by atoms with Crippen molar-refractivity contribution in [2.24, 2.45) is 5.92 Å². The fraction of sp³-hybridized carbons (Fsp3) is 0.235. The van der Waals surface area contributed by atoms with Crippen LogP contribution in [0, 0.1) is 5.92 Å². The molecule has 4 heteroatoms. The Bertz CT molecular complexity index is 698. The number of rotatable bonds is 1. The van der Waals surface area contributed by atoms with Crippen LogP contribution < -0.4 is 4.90 Å². The number of nitrogens with zero attached hydrogens (tertiary/aromatic N) is 1. The first-order valence-corrected chi connectivity index (χ1v) is 7.61.